The number of aromatic nitrogens is 2. The van der Waals surface area contributed by atoms with Gasteiger partial charge in [-0.3, -0.25) is 9.59 Å². The molecule has 7 heteroatoms. The maximum Gasteiger partial charge on any atom is 0.229 e. The van der Waals surface area contributed by atoms with Crippen LogP contribution >= 0.6 is 0 Å². The second kappa shape index (κ2) is 8.67. The zero-order chi connectivity index (χ0) is 23.8. The first-order valence-corrected chi connectivity index (χ1v) is 11.2. The molecule has 1 aliphatic rings. The van der Waals surface area contributed by atoms with E-state index >= 15 is 0 Å². The first-order chi connectivity index (χ1) is 16.4. The number of carbonyl (C=O) groups is 2. The van der Waals surface area contributed by atoms with Crippen molar-refractivity contribution >= 4 is 28.8 Å². The summed E-state index contributed by atoms with van der Waals surface area (Å²) >= 11 is 0. The van der Waals surface area contributed by atoms with E-state index in [-0.39, 0.29) is 18.2 Å². The number of anilines is 2. The maximum absolute atomic E-state index is 13.1. The van der Waals surface area contributed by atoms with E-state index in [0.717, 1.165) is 33.7 Å². The summed E-state index contributed by atoms with van der Waals surface area (Å²) in [5.74, 6) is -0.148. The Labute approximate surface area is 198 Å². The lowest BCUT2D eigenvalue weighted by Crippen LogP contribution is -2.28. The lowest BCUT2D eigenvalue weighted by atomic mass is 10.1. The van der Waals surface area contributed by atoms with Gasteiger partial charge in [-0.2, -0.15) is 0 Å². The SMILES string of the molecule is COc1ccc(-c2cn3ccc(C)cc3n2)cc1NC(=O)C1CC(=O)N(c2ccc(C)cc2)C1. The van der Waals surface area contributed by atoms with Crippen LogP contribution in [0, 0.1) is 19.8 Å². The molecular formula is C27H26N4O3. The number of ether oxygens (including phenoxy) is 1. The predicted molar refractivity (Wildman–Crippen MR) is 132 cm³/mol. The summed E-state index contributed by atoms with van der Waals surface area (Å²) in [4.78, 5) is 32.1. The van der Waals surface area contributed by atoms with Crippen molar-refractivity contribution in [1.29, 1.82) is 0 Å². The summed E-state index contributed by atoms with van der Waals surface area (Å²) < 4.78 is 7.45. The van der Waals surface area contributed by atoms with Crippen molar-refractivity contribution in [2.75, 3.05) is 23.9 Å². The number of aryl methyl sites for hydroxylation is 2. The normalized spacial score (nSPS) is 15.7. The maximum atomic E-state index is 13.1. The first-order valence-electron chi connectivity index (χ1n) is 11.2. The highest BCUT2D eigenvalue weighted by molar-refractivity contribution is 6.04. The Kier molecular flexibility index (Phi) is 5.53. The molecule has 1 saturated heterocycles. The van der Waals surface area contributed by atoms with Crippen molar-refractivity contribution in [3.8, 4) is 17.0 Å². The Hall–Kier alpha value is -4.13. The van der Waals surface area contributed by atoms with Gasteiger partial charge in [0.1, 0.15) is 11.4 Å². The number of fused-ring (bicyclic) bond motifs is 1. The molecule has 0 radical (unpaired) electrons. The van der Waals surface area contributed by atoms with Crippen LogP contribution in [-0.4, -0.2) is 34.9 Å². The van der Waals surface area contributed by atoms with Gasteiger partial charge in [0.05, 0.1) is 24.4 Å². The van der Waals surface area contributed by atoms with Crippen LogP contribution in [-0.2, 0) is 9.59 Å². The minimum absolute atomic E-state index is 0.0512. The second-order valence-corrected chi connectivity index (χ2v) is 8.74. The van der Waals surface area contributed by atoms with Crippen molar-refractivity contribution in [2.45, 2.75) is 20.3 Å². The van der Waals surface area contributed by atoms with Gasteiger partial charge in [-0.25, -0.2) is 4.98 Å². The van der Waals surface area contributed by atoms with Crippen LogP contribution in [0.3, 0.4) is 0 Å². The van der Waals surface area contributed by atoms with Gasteiger partial charge in [-0.15, -0.1) is 0 Å². The molecule has 2 amide bonds. The fourth-order valence-corrected chi connectivity index (χ4v) is 4.28. The number of nitrogens with one attached hydrogen (secondary N) is 1. The number of pyridine rings is 1. The molecule has 172 valence electrons. The van der Waals surface area contributed by atoms with Gasteiger partial charge in [0.25, 0.3) is 0 Å². The second-order valence-electron chi connectivity index (χ2n) is 8.74. The van der Waals surface area contributed by atoms with E-state index in [1.165, 1.54) is 0 Å². The van der Waals surface area contributed by atoms with Gasteiger partial charge in [-0.05, 0) is 61.9 Å². The number of nitrogens with zero attached hydrogens (tertiary/aromatic N) is 3. The first kappa shape index (κ1) is 21.7. The highest BCUT2D eigenvalue weighted by Gasteiger charge is 2.35. The number of carbonyl (C=O) groups excluding carboxylic acids is 2. The van der Waals surface area contributed by atoms with E-state index in [9.17, 15) is 9.59 Å². The molecule has 0 saturated carbocycles. The van der Waals surface area contributed by atoms with Crippen molar-refractivity contribution < 1.29 is 14.3 Å². The average molecular weight is 455 g/mol. The highest BCUT2D eigenvalue weighted by atomic mass is 16.5. The lowest BCUT2D eigenvalue weighted by molar-refractivity contribution is -0.122. The minimum Gasteiger partial charge on any atom is -0.495 e. The molecule has 0 spiro atoms. The van der Waals surface area contributed by atoms with E-state index < -0.39 is 5.92 Å². The van der Waals surface area contributed by atoms with E-state index in [1.54, 1.807) is 12.0 Å². The van der Waals surface area contributed by atoms with Gasteiger partial charge >= 0.3 is 0 Å². The Morgan fingerprint density at radius 2 is 1.85 bits per heavy atom. The quantitative estimate of drug-likeness (QED) is 0.478. The Morgan fingerprint density at radius 3 is 2.62 bits per heavy atom. The molecule has 3 heterocycles. The zero-order valence-electron chi connectivity index (χ0n) is 19.4. The molecule has 2 aromatic heterocycles. The number of amides is 2. The van der Waals surface area contributed by atoms with Crippen LogP contribution in [0.1, 0.15) is 17.5 Å². The fraction of sp³-hybridized carbons (Fsp3) is 0.222. The van der Waals surface area contributed by atoms with Crippen LogP contribution in [0.25, 0.3) is 16.9 Å². The summed E-state index contributed by atoms with van der Waals surface area (Å²) in [6.45, 7) is 4.38. The summed E-state index contributed by atoms with van der Waals surface area (Å²) in [6, 6.07) is 17.4. The molecule has 1 unspecified atom stereocenters. The van der Waals surface area contributed by atoms with Crippen molar-refractivity contribution in [3.63, 3.8) is 0 Å². The van der Waals surface area contributed by atoms with Crippen LogP contribution in [0.15, 0.2) is 67.0 Å². The Morgan fingerprint density at radius 1 is 1.06 bits per heavy atom. The molecule has 0 aliphatic carbocycles. The molecule has 7 nitrogen and oxygen atoms in total. The number of imidazole rings is 1. The van der Waals surface area contributed by atoms with Crippen LogP contribution in [0.2, 0.25) is 0 Å². The number of hydrogen-bond acceptors (Lipinski definition) is 4. The molecule has 1 atom stereocenters. The number of benzene rings is 2. The average Bonchev–Trinajstić information content (AvgIpc) is 3.43. The summed E-state index contributed by atoms with van der Waals surface area (Å²) in [6.07, 6.45) is 4.11. The molecule has 2 aromatic carbocycles. The van der Waals surface area contributed by atoms with Gasteiger partial charge in [0, 0.05) is 36.6 Å². The third kappa shape index (κ3) is 4.12. The predicted octanol–water partition coefficient (Wildman–Crippen LogP) is 4.62. The zero-order valence-corrected chi connectivity index (χ0v) is 19.4. The number of hydrogen-bond donors (Lipinski definition) is 1. The van der Waals surface area contributed by atoms with Crippen molar-refractivity contribution in [2.24, 2.45) is 5.92 Å². The monoisotopic (exact) mass is 454 g/mol. The van der Waals surface area contributed by atoms with Gasteiger partial charge in [-0.1, -0.05) is 17.7 Å². The van der Waals surface area contributed by atoms with E-state index in [1.807, 2.05) is 85.2 Å². The molecular weight excluding hydrogens is 428 g/mol. The van der Waals surface area contributed by atoms with Gasteiger partial charge in [0.15, 0.2) is 0 Å². The van der Waals surface area contributed by atoms with Crippen LogP contribution in [0.4, 0.5) is 11.4 Å². The van der Waals surface area contributed by atoms with Crippen LogP contribution in [0.5, 0.6) is 5.75 Å². The van der Waals surface area contributed by atoms with E-state index in [4.69, 9.17) is 9.72 Å². The standard InChI is InChI=1S/C27H26N4O3/c1-17-4-7-21(8-5-17)31-15-20(14-26(31)32)27(33)29-22-13-19(6-9-24(22)34-3)23-16-30-11-10-18(2)12-25(30)28-23/h4-13,16,20H,14-15H2,1-3H3,(H,29,33). The Bertz CT molecular complexity index is 1390. The number of methoxy groups -OCH3 is 1. The topological polar surface area (TPSA) is 75.9 Å². The lowest BCUT2D eigenvalue weighted by Gasteiger charge is -2.17. The highest BCUT2D eigenvalue weighted by Crippen LogP contribution is 2.32. The minimum atomic E-state index is -0.444. The fourth-order valence-electron chi connectivity index (χ4n) is 4.28. The van der Waals surface area contributed by atoms with Crippen molar-refractivity contribution in [3.05, 3.63) is 78.1 Å². The van der Waals surface area contributed by atoms with E-state index in [2.05, 4.69) is 5.32 Å². The molecule has 1 aliphatic heterocycles. The summed E-state index contributed by atoms with van der Waals surface area (Å²) in [7, 11) is 1.57. The third-order valence-corrected chi connectivity index (χ3v) is 6.21. The molecule has 1 fully saturated rings. The molecule has 1 N–H and O–H groups in total. The molecule has 4 aromatic rings. The van der Waals surface area contributed by atoms with E-state index in [0.29, 0.717) is 18.0 Å². The third-order valence-electron chi connectivity index (χ3n) is 6.21. The molecule has 0 bridgehead atoms. The smallest absolute Gasteiger partial charge is 0.229 e. The molecule has 5 rings (SSSR count). The van der Waals surface area contributed by atoms with Crippen LogP contribution < -0.4 is 15.0 Å². The number of rotatable bonds is 5. The largest absolute Gasteiger partial charge is 0.495 e. The van der Waals surface area contributed by atoms with Crippen molar-refractivity contribution in [1.82, 2.24) is 9.38 Å². The summed E-state index contributed by atoms with van der Waals surface area (Å²) in [5, 5.41) is 2.98. The Balaban J connectivity index is 1.37. The summed E-state index contributed by atoms with van der Waals surface area (Å²) in [5.41, 5.74) is 6.14. The molecule has 34 heavy (non-hydrogen) atoms. The van der Waals surface area contributed by atoms with Gasteiger partial charge in [0.2, 0.25) is 11.8 Å². The van der Waals surface area contributed by atoms with Gasteiger partial charge < -0.3 is 19.4 Å².